The van der Waals surface area contributed by atoms with Crippen LogP contribution in [-0.2, 0) is 0 Å². The van der Waals surface area contributed by atoms with Crippen molar-refractivity contribution in [2.45, 2.75) is 0 Å². The Balaban J connectivity index is 1.87. The van der Waals surface area contributed by atoms with E-state index in [1.807, 2.05) is 0 Å². The van der Waals surface area contributed by atoms with Crippen LogP contribution in [0, 0.1) is 0 Å². The number of hydrogen-bond acceptors (Lipinski definition) is 0. The number of hydrogen-bond donors (Lipinski definition) is 0. The lowest BCUT2D eigenvalue weighted by molar-refractivity contribution is 1.67. The maximum Gasteiger partial charge on any atom is -0.0236 e. The van der Waals surface area contributed by atoms with E-state index in [0.29, 0.717) is 0 Å². The Kier molecular flexibility index (Phi) is 2.98. The van der Waals surface area contributed by atoms with Crippen molar-refractivity contribution in [2.24, 2.45) is 0 Å². The van der Waals surface area contributed by atoms with Gasteiger partial charge < -0.3 is 0 Å². The molecule has 0 nitrogen and oxygen atoms in total. The quantitative estimate of drug-likeness (QED) is 0.284. The molecule has 0 unspecified atom stereocenters. The van der Waals surface area contributed by atoms with Gasteiger partial charge in [0.2, 0.25) is 0 Å². The molecule has 0 N–H and O–H groups in total. The van der Waals surface area contributed by atoms with Gasteiger partial charge in [-0.05, 0) is 22.3 Å². The van der Waals surface area contributed by atoms with Crippen LogP contribution in [-0.4, -0.2) is 0 Å². The third kappa shape index (κ3) is 2.01. The van der Waals surface area contributed by atoms with Gasteiger partial charge in [-0.2, -0.15) is 0 Å². The molecular weight excluding hydrogens is 324 g/mol. The molecule has 0 bridgehead atoms. The fourth-order valence-corrected chi connectivity index (χ4v) is 4.57. The average molecular weight is 341 g/mol. The molecule has 0 atom stereocenters. The van der Waals surface area contributed by atoms with Crippen molar-refractivity contribution in [1.82, 2.24) is 0 Å². The first-order valence-corrected chi connectivity index (χ1v) is 9.39. The molecule has 6 aromatic carbocycles. The van der Waals surface area contributed by atoms with Crippen LogP contribution in [0.4, 0.5) is 0 Å². The first kappa shape index (κ1) is 14.6. The van der Waals surface area contributed by atoms with E-state index in [1.54, 1.807) is 0 Å². The second-order valence-corrected chi connectivity index (χ2v) is 7.16. The summed E-state index contributed by atoms with van der Waals surface area (Å²) in [6.45, 7) is 0. The summed E-state index contributed by atoms with van der Waals surface area (Å²) in [4.78, 5) is 0. The maximum absolute atomic E-state index is 2.38. The van der Waals surface area contributed by atoms with Gasteiger partial charge in [0.25, 0.3) is 0 Å². The molecule has 6 aromatic rings. The fourth-order valence-electron chi connectivity index (χ4n) is 4.57. The minimum Gasteiger partial charge on any atom is -0.109 e. The van der Waals surface area contributed by atoms with Crippen LogP contribution in [0.2, 0.25) is 0 Å². The third-order valence-corrected chi connectivity index (χ3v) is 5.69. The van der Waals surface area contributed by atoms with E-state index in [0.717, 1.165) is 0 Å². The van der Waals surface area contributed by atoms with Crippen LogP contribution in [0.5, 0.6) is 0 Å². The summed E-state index contributed by atoms with van der Waals surface area (Å²) in [5.41, 5.74) is 5.21. The highest BCUT2D eigenvalue weighted by Crippen LogP contribution is 2.48. The Morgan fingerprint density at radius 1 is 0.444 bits per heavy atom. The van der Waals surface area contributed by atoms with E-state index in [-0.39, 0.29) is 0 Å². The largest absolute Gasteiger partial charge is 0.109 e. The van der Waals surface area contributed by atoms with E-state index >= 15 is 0 Å². The normalized spacial score (nSPS) is 11.7. The minimum absolute atomic E-state index is 1.28. The molecule has 0 aliphatic carbocycles. The molecule has 126 valence electrons. The lowest BCUT2D eigenvalue weighted by Crippen LogP contribution is -1.76. The molecule has 0 saturated carbocycles. The lowest BCUT2D eigenvalue weighted by Gasteiger charge is -2.07. The fraction of sp³-hybridized carbons (Fsp3) is 0. The van der Waals surface area contributed by atoms with Gasteiger partial charge in [-0.25, -0.2) is 0 Å². The SMILES string of the molecule is c1ccc(-c2cc(-c3ccccc3)c3c2c2cccc4cccc3[c-]42)cc1. The van der Waals surface area contributed by atoms with Gasteiger partial charge in [-0.15, -0.1) is 36.4 Å². The molecule has 0 aliphatic heterocycles. The van der Waals surface area contributed by atoms with Crippen molar-refractivity contribution in [3.8, 4) is 22.3 Å². The van der Waals surface area contributed by atoms with Gasteiger partial charge in [0.1, 0.15) is 0 Å². The monoisotopic (exact) mass is 341 g/mol. The van der Waals surface area contributed by atoms with Gasteiger partial charge in [-0.3, -0.25) is 0 Å². The number of benzene rings is 4. The molecule has 6 rings (SSSR count). The van der Waals surface area contributed by atoms with Crippen molar-refractivity contribution in [3.05, 3.63) is 103 Å². The van der Waals surface area contributed by atoms with Gasteiger partial charge in [-0.1, -0.05) is 99.0 Å². The summed E-state index contributed by atoms with van der Waals surface area (Å²) in [5, 5.41) is 8.19. The zero-order chi connectivity index (χ0) is 17.8. The van der Waals surface area contributed by atoms with Crippen molar-refractivity contribution in [1.29, 1.82) is 0 Å². The number of rotatable bonds is 2. The van der Waals surface area contributed by atoms with E-state index in [4.69, 9.17) is 0 Å². The smallest absolute Gasteiger partial charge is 0.0236 e. The van der Waals surface area contributed by atoms with E-state index in [9.17, 15) is 0 Å². The van der Waals surface area contributed by atoms with Crippen LogP contribution >= 0.6 is 0 Å². The molecule has 0 aromatic heterocycles. The first-order chi connectivity index (χ1) is 13.4. The summed E-state index contributed by atoms with van der Waals surface area (Å²) in [6, 6.07) is 37.3. The van der Waals surface area contributed by atoms with Crippen LogP contribution < -0.4 is 0 Å². The highest BCUT2D eigenvalue weighted by atomic mass is 14.2. The summed E-state index contributed by atoms with van der Waals surface area (Å²) < 4.78 is 0. The highest BCUT2D eigenvalue weighted by Gasteiger charge is 2.16. The zero-order valence-corrected chi connectivity index (χ0v) is 14.8. The van der Waals surface area contributed by atoms with E-state index in [1.165, 1.54) is 54.6 Å². The Bertz CT molecular complexity index is 1280. The minimum atomic E-state index is 1.28. The van der Waals surface area contributed by atoms with Gasteiger partial charge >= 0.3 is 0 Å². The molecule has 27 heavy (non-hydrogen) atoms. The molecule has 0 heteroatoms. The standard InChI is InChI=1S/C27H17/c1-3-9-18(10-4-1)23-17-24(19-11-5-2-6-12-19)27-22-16-8-14-20-13-7-15-21(25(20)22)26(23)27/h1-17H/q-1. The Hall–Kier alpha value is -3.51. The van der Waals surface area contributed by atoms with Gasteiger partial charge in [0.15, 0.2) is 0 Å². The lowest BCUT2D eigenvalue weighted by atomic mass is 10.0. The zero-order valence-electron chi connectivity index (χ0n) is 14.8. The summed E-state index contributed by atoms with van der Waals surface area (Å²) in [6.07, 6.45) is 0. The van der Waals surface area contributed by atoms with E-state index in [2.05, 4.69) is 103 Å². The van der Waals surface area contributed by atoms with Crippen molar-refractivity contribution in [2.75, 3.05) is 0 Å². The first-order valence-electron chi connectivity index (χ1n) is 9.39. The molecule has 0 saturated heterocycles. The van der Waals surface area contributed by atoms with Crippen LogP contribution in [0.15, 0.2) is 103 Å². The highest BCUT2D eigenvalue weighted by molar-refractivity contribution is 6.36. The van der Waals surface area contributed by atoms with Gasteiger partial charge in [0, 0.05) is 0 Å². The maximum atomic E-state index is 2.38. The molecule has 0 spiro atoms. The van der Waals surface area contributed by atoms with Crippen LogP contribution in [0.3, 0.4) is 0 Å². The third-order valence-electron chi connectivity index (χ3n) is 5.69. The predicted molar refractivity (Wildman–Crippen MR) is 117 cm³/mol. The van der Waals surface area contributed by atoms with Crippen molar-refractivity contribution < 1.29 is 0 Å². The number of fused-ring (bicyclic) bond motifs is 3. The van der Waals surface area contributed by atoms with Gasteiger partial charge in [0.05, 0.1) is 0 Å². The average Bonchev–Trinajstić information content (AvgIpc) is 3.28. The van der Waals surface area contributed by atoms with Crippen molar-refractivity contribution in [3.63, 3.8) is 0 Å². The summed E-state index contributed by atoms with van der Waals surface area (Å²) in [5.74, 6) is 0. The van der Waals surface area contributed by atoms with Crippen LogP contribution in [0.1, 0.15) is 0 Å². The Morgan fingerprint density at radius 3 is 1.41 bits per heavy atom. The molecule has 0 radical (unpaired) electrons. The second-order valence-electron chi connectivity index (χ2n) is 7.16. The topological polar surface area (TPSA) is 0 Å². The molecular formula is C27H17-. The second kappa shape index (κ2) is 5.49. The Morgan fingerprint density at radius 2 is 0.926 bits per heavy atom. The molecule has 0 fully saturated rings. The predicted octanol–water partition coefficient (Wildman–Crippen LogP) is 7.64. The Labute approximate surface area is 158 Å². The summed E-state index contributed by atoms with van der Waals surface area (Å²) >= 11 is 0. The molecule has 0 aliphatic rings. The van der Waals surface area contributed by atoms with Crippen LogP contribution in [0.25, 0.3) is 54.6 Å². The summed E-state index contributed by atoms with van der Waals surface area (Å²) in [7, 11) is 0. The van der Waals surface area contributed by atoms with E-state index < -0.39 is 0 Å². The van der Waals surface area contributed by atoms with Crippen molar-refractivity contribution >= 4 is 32.3 Å². The molecule has 0 heterocycles. The molecule has 0 amide bonds.